The minimum atomic E-state index is -0.508. The van der Waals surface area contributed by atoms with Crippen LogP contribution in [0.5, 0.6) is 0 Å². The molecule has 0 aliphatic rings. The fourth-order valence-electron chi connectivity index (χ4n) is 2.90. The lowest BCUT2D eigenvalue weighted by Gasteiger charge is -2.28. The van der Waals surface area contributed by atoms with Crippen molar-refractivity contribution in [3.05, 3.63) is 11.7 Å². The Kier molecular flexibility index (Phi) is 10.8. The Morgan fingerprint density at radius 2 is 1.94 bits per heavy atom. The average Bonchev–Trinajstić information content (AvgIpc) is 3.12. The second kappa shape index (κ2) is 12.5. The molecule has 1 aromatic rings. The van der Waals surface area contributed by atoms with E-state index in [4.69, 9.17) is 9.26 Å². The van der Waals surface area contributed by atoms with Gasteiger partial charge in [-0.25, -0.2) is 4.79 Å². The van der Waals surface area contributed by atoms with Crippen LogP contribution in [0.3, 0.4) is 0 Å². The van der Waals surface area contributed by atoms with Gasteiger partial charge in [0.2, 0.25) is 5.89 Å². The zero-order chi connectivity index (χ0) is 23.6. The lowest BCUT2D eigenvalue weighted by molar-refractivity contribution is 0.0486. The number of aryl methyl sites for hydroxylation is 1. The Morgan fingerprint density at radius 1 is 1.26 bits per heavy atom. The van der Waals surface area contributed by atoms with Crippen LogP contribution >= 0.6 is 0 Å². The van der Waals surface area contributed by atoms with Gasteiger partial charge in [-0.1, -0.05) is 32.9 Å². The molecule has 1 amide bonds. The molecule has 0 bridgehead atoms. The Hall–Kier alpha value is -2.32. The topological polar surface area (TPSA) is 105 Å². The molecule has 0 radical (unpaired) electrons. The van der Waals surface area contributed by atoms with E-state index in [-0.39, 0.29) is 18.1 Å². The van der Waals surface area contributed by atoms with Gasteiger partial charge in [0.15, 0.2) is 11.8 Å². The predicted octanol–water partition coefficient (Wildman–Crippen LogP) is 3.57. The molecule has 1 aromatic heterocycles. The zero-order valence-electron chi connectivity index (χ0n) is 20.8. The molecule has 9 nitrogen and oxygen atoms in total. The molecule has 0 saturated carbocycles. The molecule has 0 aromatic carbocycles. The van der Waals surface area contributed by atoms with Gasteiger partial charge in [0.25, 0.3) is 0 Å². The molecule has 1 rings (SSSR count). The van der Waals surface area contributed by atoms with Crippen molar-refractivity contribution >= 4 is 12.1 Å². The van der Waals surface area contributed by atoms with Crippen LogP contribution in [0.4, 0.5) is 4.79 Å². The number of aromatic nitrogens is 2. The maximum absolute atomic E-state index is 12.1. The third-order valence-corrected chi connectivity index (χ3v) is 4.71. The highest BCUT2D eigenvalue weighted by atomic mass is 16.6. The monoisotopic (exact) mass is 438 g/mol. The molecular formula is C22H42N6O3. The zero-order valence-corrected chi connectivity index (χ0v) is 20.8. The van der Waals surface area contributed by atoms with E-state index in [1.54, 1.807) is 7.05 Å². The second-order valence-electron chi connectivity index (χ2n) is 9.49. The quantitative estimate of drug-likeness (QED) is 0.327. The molecule has 0 aliphatic carbocycles. The van der Waals surface area contributed by atoms with Crippen LogP contribution in [0, 0.1) is 5.92 Å². The third kappa shape index (κ3) is 10.5. The molecule has 1 unspecified atom stereocenters. The smallest absolute Gasteiger partial charge is 0.407 e. The Morgan fingerprint density at radius 3 is 2.45 bits per heavy atom. The van der Waals surface area contributed by atoms with Gasteiger partial charge < -0.3 is 24.8 Å². The van der Waals surface area contributed by atoms with Crippen LogP contribution in [0.2, 0.25) is 0 Å². The number of alkyl carbamates (subject to hydrolysis) is 1. The molecule has 2 N–H and O–H groups in total. The summed E-state index contributed by atoms with van der Waals surface area (Å²) in [5, 5.41) is 10.4. The van der Waals surface area contributed by atoms with Gasteiger partial charge in [0.1, 0.15) is 5.60 Å². The number of hydrogen-bond donors (Lipinski definition) is 2. The minimum absolute atomic E-state index is 0.0167. The van der Waals surface area contributed by atoms with Gasteiger partial charge in [-0.2, -0.15) is 4.98 Å². The fourth-order valence-corrected chi connectivity index (χ4v) is 2.90. The van der Waals surface area contributed by atoms with Gasteiger partial charge >= 0.3 is 6.09 Å². The number of ether oxygens (including phenoxy) is 1. The van der Waals surface area contributed by atoms with E-state index < -0.39 is 5.60 Å². The summed E-state index contributed by atoms with van der Waals surface area (Å²) < 4.78 is 10.7. The van der Waals surface area contributed by atoms with Crippen molar-refractivity contribution in [3.8, 4) is 0 Å². The highest BCUT2D eigenvalue weighted by Crippen LogP contribution is 2.12. The van der Waals surface area contributed by atoms with Crippen LogP contribution in [0.1, 0.15) is 78.9 Å². The number of guanidine groups is 1. The normalized spacial score (nSPS) is 13.5. The van der Waals surface area contributed by atoms with Crippen molar-refractivity contribution in [2.24, 2.45) is 10.9 Å². The van der Waals surface area contributed by atoms with Gasteiger partial charge in [0, 0.05) is 45.6 Å². The maximum Gasteiger partial charge on any atom is 0.407 e. The van der Waals surface area contributed by atoms with E-state index in [2.05, 4.69) is 44.5 Å². The van der Waals surface area contributed by atoms with Crippen molar-refractivity contribution in [1.29, 1.82) is 0 Å². The summed E-state index contributed by atoms with van der Waals surface area (Å²) in [5.41, 5.74) is -0.508. The van der Waals surface area contributed by atoms with Gasteiger partial charge in [-0.05, 0) is 39.5 Å². The molecule has 1 atom stereocenters. The van der Waals surface area contributed by atoms with Crippen molar-refractivity contribution in [2.45, 2.75) is 85.3 Å². The molecule has 178 valence electrons. The van der Waals surface area contributed by atoms with E-state index in [9.17, 15) is 4.79 Å². The molecule has 0 saturated heterocycles. The van der Waals surface area contributed by atoms with E-state index >= 15 is 0 Å². The molecule has 31 heavy (non-hydrogen) atoms. The number of nitrogens with one attached hydrogen (secondary N) is 2. The summed E-state index contributed by atoms with van der Waals surface area (Å²) in [6.07, 6.45) is 2.00. The van der Waals surface area contributed by atoms with E-state index in [1.807, 2.05) is 41.7 Å². The van der Waals surface area contributed by atoms with Crippen molar-refractivity contribution in [1.82, 2.24) is 25.7 Å². The number of nitrogens with zero attached hydrogens (tertiary/aromatic N) is 4. The first-order valence-corrected chi connectivity index (χ1v) is 11.2. The van der Waals surface area contributed by atoms with Crippen LogP contribution < -0.4 is 10.6 Å². The van der Waals surface area contributed by atoms with Crippen molar-refractivity contribution in [3.63, 3.8) is 0 Å². The molecule has 9 heteroatoms. The van der Waals surface area contributed by atoms with Crippen LogP contribution in [-0.4, -0.2) is 65.9 Å². The lowest BCUT2D eigenvalue weighted by Crippen LogP contribution is -2.45. The van der Waals surface area contributed by atoms with Crippen LogP contribution in [0.15, 0.2) is 9.52 Å². The third-order valence-electron chi connectivity index (χ3n) is 4.71. The van der Waals surface area contributed by atoms with Crippen LogP contribution in [-0.2, 0) is 11.2 Å². The van der Waals surface area contributed by atoms with E-state index in [0.717, 1.165) is 44.1 Å². The largest absolute Gasteiger partial charge is 0.444 e. The SMILES string of the molecule is CN=C(NCCCc1nc(C(C)C)no1)N(C)CCC(NC(=O)OC(C)(C)C)C(C)C. The number of carbonyl (C=O) groups is 1. The molecule has 0 fully saturated rings. The molecule has 0 spiro atoms. The first-order chi connectivity index (χ1) is 14.4. The number of aliphatic imine (C=N–C) groups is 1. The lowest BCUT2D eigenvalue weighted by atomic mass is 10.0. The first-order valence-electron chi connectivity index (χ1n) is 11.2. The average molecular weight is 439 g/mol. The number of hydrogen-bond acceptors (Lipinski definition) is 6. The highest BCUT2D eigenvalue weighted by Gasteiger charge is 2.22. The Labute approximate surface area is 187 Å². The standard InChI is InChI=1S/C22H42N6O3/c1-15(2)17(25-21(29)30-22(5,6)7)12-14-28(9)20(23-8)24-13-10-11-18-26-19(16(3)4)27-31-18/h15-17H,10-14H2,1-9H3,(H,23,24)(H,25,29). The van der Waals surface area contributed by atoms with Gasteiger partial charge in [-0.3, -0.25) is 4.99 Å². The predicted molar refractivity (Wildman–Crippen MR) is 123 cm³/mol. The summed E-state index contributed by atoms with van der Waals surface area (Å²) in [5.74, 6) is 2.79. The highest BCUT2D eigenvalue weighted by molar-refractivity contribution is 5.79. The van der Waals surface area contributed by atoms with Gasteiger partial charge in [-0.15, -0.1) is 0 Å². The maximum atomic E-state index is 12.1. The van der Waals surface area contributed by atoms with Gasteiger partial charge in [0.05, 0.1) is 0 Å². The number of rotatable bonds is 10. The molecular weight excluding hydrogens is 396 g/mol. The van der Waals surface area contributed by atoms with Crippen molar-refractivity contribution < 1.29 is 14.1 Å². The van der Waals surface area contributed by atoms with E-state index in [0.29, 0.717) is 11.8 Å². The molecule has 0 aliphatic heterocycles. The summed E-state index contributed by atoms with van der Waals surface area (Å²) in [7, 11) is 3.76. The molecule has 1 heterocycles. The first kappa shape index (κ1) is 26.7. The summed E-state index contributed by atoms with van der Waals surface area (Å²) in [4.78, 5) is 23.0. The second-order valence-corrected chi connectivity index (χ2v) is 9.49. The fraction of sp³-hybridized carbons (Fsp3) is 0.818. The summed E-state index contributed by atoms with van der Waals surface area (Å²) >= 11 is 0. The summed E-state index contributed by atoms with van der Waals surface area (Å²) in [6, 6.07) is 0.0167. The minimum Gasteiger partial charge on any atom is -0.444 e. The number of carbonyl (C=O) groups excluding carboxylic acids is 1. The summed E-state index contributed by atoms with van der Waals surface area (Å²) in [6.45, 7) is 15.4. The number of amides is 1. The van der Waals surface area contributed by atoms with Crippen molar-refractivity contribution in [2.75, 3.05) is 27.2 Å². The Bertz CT molecular complexity index is 694. The van der Waals surface area contributed by atoms with Crippen LogP contribution in [0.25, 0.3) is 0 Å². The van der Waals surface area contributed by atoms with E-state index in [1.165, 1.54) is 0 Å². The Balaban J connectivity index is 2.43.